The van der Waals surface area contributed by atoms with Crippen molar-refractivity contribution < 1.29 is 19.0 Å². The number of likely N-dealkylation sites (tertiary alicyclic amines) is 1. The maximum atomic E-state index is 12.9. The van der Waals surface area contributed by atoms with Crippen molar-refractivity contribution >= 4 is 11.6 Å². The zero-order chi connectivity index (χ0) is 19.5. The van der Waals surface area contributed by atoms with E-state index in [2.05, 4.69) is 22.2 Å². The van der Waals surface area contributed by atoms with E-state index in [4.69, 9.17) is 14.2 Å². The molecule has 28 heavy (non-hydrogen) atoms. The van der Waals surface area contributed by atoms with Crippen LogP contribution in [0, 0.1) is 0 Å². The van der Waals surface area contributed by atoms with Crippen molar-refractivity contribution in [3.05, 3.63) is 41.6 Å². The molecular formula is C21H25N3O4. The quantitative estimate of drug-likeness (QED) is 0.856. The number of amides is 1. The Bertz CT molecular complexity index is 863. The molecule has 0 radical (unpaired) electrons. The number of anilines is 1. The van der Waals surface area contributed by atoms with Crippen LogP contribution >= 0.6 is 0 Å². The van der Waals surface area contributed by atoms with E-state index in [1.54, 1.807) is 31.5 Å². The first-order valence-corrected chi connectivity index (χ1v) is 9.58. The molecule has 1 aromatic heterocycles. The largest absolute Gasteiger partial charge is 0.497 e. The van der Waals surface area contributed by atoms with Crippen LogP contribution in [0.25, 0.3) is 0 Å². The summed E-state index contributed by atoms with van der Waals surface area (Å²) in [5.41, 5.74) is 2.10. The predicted molar refractivity (Wildman–Crippen MR) is 106 cm³/mol. The second-order valence-electron chi connectivity index (χ2n) is 7.22. The van der Waals surface area contributed by atoms with E-state index in [1.165, 1.54) is 0 Å². The van der Waals surface area contributed by atoms with Gasteiger partial charge in [0.05, 0.1) is 19.3 Å². The van der Waals surface area contributed by atoms with Gasteiger partial charge in [-0.1, -0.05) is 0 Å². The lowest BCUT2D eigenvalue weighted by atomic mass is 10.1. The van der Waals surface area contributed by atoms with E-state index in [0.29, 0.717) is 35.2 Å². The van der Waals surface area contributed by atoms with Crippen molar-refractivity contribution in [2.24, 2.45) is 0 Å². The van der Waals surface area contributed by atoms with Crippen LogP contribution in [0.2, 0.25) is 0 Å². The van der Waals surface area contributed by atoms with Gasteiger partial charge in [0.25, 0.3) is 5.91 Å². The second kappa shape index (κ2) is 8.06. The van der Waals surface area contributed by atoms with Crippen LogP contribution in [0.4, 0.5) is 5.69 Å². The monoisotopic (exact) mass is 383 g/mol. The Kier molecular flexibility index (Phi) is 5.34. The molecule has 7 heteroatoms. The van der Waals surface area contributed by atoms with Crippen molar-refractivity contribution in [3.63, 3.8) is 0 Å². The Morgan fingerprint density at radius 1 is 1.29 bits per heavy atom. The smallest absolute Gasteiger partial charge is 0.259 e. The number of aromatic nitrogens is 1. The molecule has 4 rings (SSSR count). The van der Waals surface area contributed by atoms with E-state index in [0.717, 1.165) is 37.9 Å². The number of pyridine rings is 1. The standard InChI is InChI=1S/C21H25N3O4/c1-24-8-4-16(5-9-24)28-19-12-15(3-7-22-19)23-21(25)18-13-17(26-2)11-14-6-10-27-20(14)18/h3,7,11-13,16H,4-6,8-10H2,1-2H3,(H,22,23,25). The molecule has 2 aliphatic rings. The molecule has 1 aromatic carbocycles. The first-order chi connectivity index (χ1) is 13.6. The summed E-state index contributed by atoms with van der Waals surface area (Å²) in [5, 5.41) is 2.92. The van der Waals surface area contributed by atoms with Gasteiger partial charge in [-0.3, -0.25) is 4.79 Å². The normalized spacial score (nSPS) is 16.9. The van der Waals surface area contributed by atoms with Gasteiger partial charge in [-0.25, -0.2) is 4.98 Å². The highest BCUT2D eigenvalue weighted by atomic mass is 16.5. The molecule has 1 fully saturated rings. The van der Waals surface area contributed by atoms with Gasteiger partial charge in [-0.05, 0) is 38.1 Å². The van der Waals surface area contributed by atoms with Gasteiger partial charge in [0, 0.05) is 43.0 Å². The lowest BCUT2D eigenvalue weighted by molar-refractivity contribution is 0.102. The summed E-state index contributed by atoms with van der Waals surface area (Å²) in [6.45, 7) is 2.61. The molecule has 2 aromatic rings. The SMILES string of the molecule is COc1cc2c(c(C(=O)Nc3ccnc(OC4CCN(C)CC4)c3)c1)OCC2. The second-order valence-corrected chi connectivity index (χ2v) is 7.22. The number of nitrogens with one attached hydrogen (secondary N) is 1. The van der Waals surface area contributed by atoms with E-state index < -0.39 is 0 Å². The molecule has 0 spiro atoms. The third kappa shape index (κ3) is 4.04. The molecule has 3 heterocycles. The number of fused-ring (bicyclic) bond motifs is 1. The van der Waals surface area contributed by atoms with Crippen LogP contribution in [-0.4, -0.2) is 55.7 Å². The van der Waals surface area contributed by atoms with Crippen molar-refractivity contribution in [2.45, 2.75) is 25.4 Å². The van der Waals surface area contributed by atoms with Gasteiger partial charge in [0.2, 0.25) is 5.88 Å². The minimum Gasteiger partial charge on any atom is -0.497 e. The molecule has 1 N–H and O–H groups in total. The highest BCUT2D eigenvalue weighted by molar-refractivity contribution is 6.07. The average Bonchev–Trinajstić information content (AvgIpc) is 3.18. The first kappa shape index (κ1) is 18.6. The van der Waals surface area contributed by atoms with Gasteiger partial charge in [-0.15, -0.1) is 0 Å². The highest BCUT2D eigenvalue weighted by Gasteiger charge is 2.23. The van der Waals surface area contributed by atoms with Crippen molar-refractivity contribution in [2.75, 3.05) is 39.2 Å². The van der Waals surface area contributed by atoms with Crippen LogP contribution < -0.4 is 19.5 Å². The molecule has 0 atom stereocenters. The molecule has 0 unspecified atom stereocenters. The maximum Gasteiger partial charge on any atom is 0.259 e. The van der Waals surface area contributed by atoms with Gasteiger partial charge < -0.3 is 24.4 Å². The van der Waals surface area contributed by atoms with Crippen LogP contribution in [0.3, 0.4) is 0 Å². The topological polar surface area (TPSA) is 72.9 Å². The minimum absolute atomic E-state index is 0.157. The summed E-state index contributed by atoms with van der Waals surface area (Å²) >= 11 is 0. The lowest BCUT2D eigenvalue weighted by Crippen LogP contribution is -2.35. The Balaban J connectivity index is 1.47. The van der Waals surface area contributed by atoms with Crippen molar-refractivity contribution in [3.8, 4) is 17.4 Å². The van der Waals surface area contributed by atoms with Crippen LogP contribution in [0.15, 0.2) is 30.5 Å². The van der Waals surface area contributed by atoms with Gasteiger partial charge in [0.15, 0.2) is 0 Å². The number of nitrogens with zero attached hydrogens (tertiary/aromatic N) is 2. The fourth-order valence-corrected chi connectivity index (χ4v) is 3.59. The molecule has 148 valence electrons. The lowest BCUT2D eigenvalue weighted by Gasteiger charge is -2.28. The van der Waals surface area contributed by atoms with Crippen LogP contribution in [0.1, 0.15) is 28.8 Å². The summed E-state index contributed by atoms with van der Waals surface area (Å²) in [6, 6.07) is 7.13. The zero-order valence-corrected chi connectivity index (χ0v) is 16.2. The summed E-state index contributed by atoms with van der Waals surface area (Å²) in [4.78, 5) is 19.4. The number of carbonyl (C=O) groups excluding carboxylic acids is 1. The highest BCUT2D eigenvalue weighted by Crippen LogP contribution is 2.34. The molecule has 7 nitrogen and oxygen atoms in total. The fraction of sp³-hybridized carbons (Fsp3) is 0.429. The number of benzene rings is 1. The average molecular weight is 383 g/mol. The van der Waals surface area contributed by atoms with Crippen molar-refractivity contribution in [1.29, 1.82) is 0 Å². The maximum absolute atomic E-state index is 12.9. The van der Waals surface area contributed by atoms with E-state index >= 15 is 0 Å². The molecule has 2 aliphatic heterocycles. The Hall–Kier alpha value is -2.80. The summed E-state index contributed by atoms with van der Waals surface area (Å²) < 4.78 is 17.0. The number of carbonyl (C=O) groups is 1. The molecule has 1 amide bonds. The van der Waals surface area contributed by atoms with E-state index in [9.17, 15) is 4.79 Å². The Morgan fingerprint density at radius 2 is 2.11 bits per heavy atom. The summed E-state index contributed by atoms with van der Waals surface area (Å²) in [5.74, 6) is 1.57. The zero-order valence-electron chi connectivity index (χ0n) is 16.2. The third-order valence-electron chi connectivity index (χ3n) is 5.18. The van der Waals surface area contributed by atoms with Crippen molar-refractivity contribution in [1.82, 2.24) is 9.88 Å². The number of methoxy groups -OCH3 is 1. The van der Waals surface area contributed by atoms with E-state index in [1.807, 2.05) is 6.07 Å². The van der Waals surface area contributed by atoms with E-state index in [-0.39, 0.29) is 12.0 Å². The Morgan fingerprint density at radius 3 is 2.89 bits per heavy atom. The van der Waals surface area contributed by atoms with Gasteiger partial charge >= 0.3 is 0 Å². The number of hydrogen-bond acceptors (Lipinski definition) is 6. The summed E-state index contributed by atoms with van der Waals surface area (Å²) in [7, 11) is 3.71. The number of rotatable bonds is 5. The molecule has 0 bridgehead atoms. The molecule has 0 saturated carbocycles. The molecule has 0 aliphatic carbocycles. The predicted octanol–water partition coefficient (Wildman–Crippen LogP) is 2.75. The van der Waals surface area contributed by atoms with Crippen LogP contribution in [-0.2, 0) is 6.42 Å². The fourth-order valence-electron chi connectivity index (χ4n) is 3.59. The third-order valence-corrected chi connectivity index (χ3v) is 5.18. The minimum atomic E-state index is -0.242. The number of hydrogen-bond donors (Lipinski definition) is 1. The van der Waals surface area contributed by atoms with Gasteiger partial charge in [-0.2, -0.15) is 0 Å². The summed E-state index contributed by atoms with van der Waals surface area (Å²) in [6.07, 6.45) is 4.53. The molecular weight excluding hydrogens is 358 g/mol. The van der Waals surface area contributed by atoms with Crippen LogP contribution in [0.5, 0.6) is 17.4 Å². The van der Waals surface area contributed by atoms with Gasteiger partial charge in [0.1, 0.15) is 17.6 Å². The molecule has 1 saturated heterocycles. The first-order valence-electron chi connectivity index (χ1n) is 9.58. The number of piperidine rings is 1. The number of ether oxygens (including phenoxy) is 3. The Labute approximate surface area is 164 Å².